The van der Waals surface area contributed by atoms with Gasteiger partial charge in [0.1, 0.15) is 18.4 Å². The van der Waals surface area contributed by atoms with Gasteiger partial charge in [-0.25, -0.2) is 4.79 Å². The van der Waals surface area contributed by atoms with Gasteiger partial charge in [-0.1, -0.05) is 65.2 Å². The molecule has 1 aliphatic rings. The molecule has 1 unspecified atom stereocenters. The number of aromatic nitrogens is 4. The molecule has 1 atom stereocenters. The van der Waals surface area contributed by atoms with Gasteiger partial charge in [0.25, 0.3) is 0 Å². The first-order chi connectivity index (χ1) is 16.1. The first-order valence-electron chi connectivity index (χ1n) is 10.3. The molecule has 1 aromatic heterocycles. The summed E-state index contributed by atoms with van der Waals surface area (Å²) in [5.41, 5.74) is 2.67. The van der Waals surface area contributed by atoms with Crippen molar-refractivity contribution < 1.29 is 14.3 Å². The molecule has 0 saturated carbocycles. The van der Waals surface area contributed by atoms with Crippen molar-refractivity contribution in [2.24, 2.45) is 0 Å². The molecule has 1 N–H and O–H groups in total. The number of ether oxygens (including phenoxy) is 2. The zero-order valence-corrected chi connectivity index (χ0v) is 18.7. The zero-order valence-electron chi connectivity index (χ0n) is 17.9. The Bertz CT molecular complexity index is 1390. The van der Waals surface area contributed by atoms with Crippen molar-refractivity contribution in [2.75, 3.05) is 12.4 Å². The molecule has 0 bridgehead atoms. The second-order valence-corrected chi connectivity index (χ2v) is 8.05. The fraction of sp³-hybridized carbons (Fsp3) is 0.167. The van der Waals surface area contributed by atoms with Crippen LogP contribution in [-0.4, -0.2) is 33.3 Å². The summed E-state index contributed by atoms with van der Waals surface area (Å²) in [4.78, 5) is 13.4. The molecular weight excluding hydrogens is 442 g/mol. The number of hydrogen-bond acceptors (Lipinski definition) is 7. The van der Waals surface area contributed by atoms with Crippen molar-refractivity contribution in [2.45, 2.75) is 19.6 Å². The summed E-state index contributed by atoms with van der Waals surface area (Å²) in [5, 5.41) is 17.7. The van der Waals surface area contributed by atoms with Crippen LogP contribution in [0.2, 0.25) is 5.02 Å². The molecule has 9 heteroatoms. The number of carbonyl (C=O) groups is 1. The van der Waals surface area contributed by atoms with Crippen molar-refractivity contribution >= 4 is 34.3 Å². The van der Waals surface area contributed by atoms with Gasteiger partial charge in [0.15, 0.2) is 0 Å². The number of hydrogen-bond donors (Lipinski definition) is 1. The van der Waals surface area contributed by atoms with Gasteiger partial charge in [0.05, 0.1) is 12.7 Å². The number of allylic oxidation sites excluding steroid dienone is 1. The first-order valence-corrected chi connectivity index (χ1v) is 10.7. The number of fused-ring (bicyclic) bond motifs is 2. The van der Waals surface area contributed by atoms with Crippen LogP contribution in [0.15, 0.2) is 71.9 Å². The summed E-state index contributed by atoms with van der Waals surface area (Å²) < 4.78 is 12.7. The quantitative estimate of drug-likeness (QED) is 0.437. The van der Waals surface area contributed by atoms with E-state index in [0.29, 0.717) is 33.6 Å². The van der Waals surface area contributed by atoms with Crippen LogP contribution in [0.25, 0.3) is 10.8 Å². The molecule has 2 heterocycles. The van der Waals surface area contributed by atoms with E-state index >= 15 is 0 Å². The van der Waals surface area contributed by atoms with Gasteiger partial charge < -0.3 is 14.8 Å². The predicted octanol–water partition coefficient (Wildman–Crippen LogP) is 4.52. The van der Waals surface area contributed by atoms with E-state index in [9.17, 15) is 4.79 Å². The van der Waals surface area contributed by atoms with Crippen molar-refractivity contribution in [3.63, 3.8) is 0 Å². The third-order valence-corrected chi connectivity index (χ3v) is 5.89. The van der Waals surface area contributed by atoms with E-state index in [0.717, 1.165) is 16.3 Å². The van der Waals surface area contributed by atoms with Gasteiger partial charge in [-0.2, -0.15) is 4.68 Å². The Kier molecular flexibility index (Phi) is 5.43. The maximum absolute atomic E-state index is 13.4. The number of tetrazole rings is 1. The van der Waals surface area contributed by atoms with E-state index in [1.807, 2.05) is 49.4 Å². The van der Waals surface area contributed by atoms with Crippen molar-refractivity contribution in [3.8, 4) is 5.75 Å². The number of esters is 1. The van der Waals surface area contributed by atoms with E-state index < -0.39 is 12.0 Å². The normalized spacial score (nSPS) is 15.2. The van der Waals surface area contributed by atoms with Crippen LogP contribution >= 0.6 is 11.6 Å². The number of halogens is 1. The summed E-state index contributed by atoms with van der Waals surface area (Å²) in [6.07, 6.45) is 0. The zero-order chi connectivity index (χ0) is 22.9. The van der Waals surface area contributed by atoms with Gasteiger partial charge in [-0.05, 0) is 45.8 Å². The lowest BCUT2D eigenvalue weighted by Gasteiger charge is -2.28. The van der Waals surface area contributed by atoms with Crippen molar-refractivity contribution in [3.05, 3.63) is 88.1 Å². The van der Waals surface area contributed by atoms with E-state index in [1.54, 1.807) is 30.0 Å². The fourth-order valence-electron chi connectivity index (χ4n) is 4.11. The minimum atomic E-state index is -0.554. The summed E-state index contributed by atoms with van der Waals surface area (Å²) in [5.74, 6) is 0.536. The number of benzene rings is 3. The Morgan fingerprint density at radius 1 is 1.15 bits per heavy atom. The third-order valence-electron chi connectivity index (χ3n) is 5.66. The second kappa shape index (κ2) is 8.55. The third kappa shape index (κ3) is 3.78. The molecule has 0 radical (unpaired) electrons. The van der Waals surface area contributed by atoms with Gasteiger partial charge in [0, 0.05) is 16.3 Å². The Labute approximate surface area is 194 Å². The van der Waals surface area contributed by atoms with Crippen LogP contribution in [0.1, 0.15) is 24.1 Å². The molecule has 4 aromatic rings. The minimum Gasteiger partial charge on any atom is -0.496 e. The minimum absolute atomic E-state index is 0.0284. The molecule has 166 valence electrons. The van der Waals surface area contributed by atoms with Gasteiger partial charge in [-0.15, -0.1) is 0 Å². The SMILES string of the molecule is COc1cc(Cl)ccc1COC(=O)C1=C(C)Nc2nnnn2C1c1cccc2ccccc12. The van der Waals surface area contributed by atoms with Crippen LogP contribution in [0.3, 0.4) is 0 Å². The highest BCUT2D eigenvalue weighted by Gasteiger charge is 2.35. The molecule has 1 aliphatic heterocycles. The van der Waals surface area contributed by atoms with Gasteiger partial charge in [-0.3, -0.25) is 0 Å². The van der Waals surface area contributed by atoms with E-state index in [1.165, 1.54) is 0 Å². The van der Waals surface area contributed by atoms with Gasteiger partial charge >= 0.3 is 5.97 Å². The summed E-state index contributed by atoms with van der Waals surface area (Å²) in [6.45, 7) is 1.84. The molecule has 3 aromatic carbocycles. The number of nitrogens with zero attached hydrogens (tertiary/aromatic N) is 4. The maximum Gasteiger partial charge on any atom is 0.338 e. The molecule has 8 nitrogen and oxygen atoms in total. The van der Waals surface area contributed by atoms with Crippen molar-refractivity contribution in [1.29, 1.82) is 0 Å². The summed E-state index contributed by atoms with van der Waals surface area (Å²) in [7, 11) is 1.55. The summed E-state index contributed by atoms with van der Waals surface area (Å²) in [6, 6.07) is 18.6. The Hall–Kier alpha value is -3.91. The van der Waals surface area contributed by atoms with Crippen LogP contribution in [-0.2, 0) is 16.1 Å². The fourth-order valence-corrected chi connectivity index (χ4v) is 4.27. The summed E-state index contributed by atoms with van der Waals surface area (Å²) >= 11 is 6.05. The lowest BCUT2D eigenvalue weighted by molar-refractivity contribution is -0.140. The van der Waals surface area contributed by atoms with Crippen LogP contribution in [0, 0.1) is 0 Å². The maximum atomic E-state index is 13.4. The Morgan fingerprint density at radius 2 is 1.97 bits per heavy atom. The van der Waals surface area contributed by atoms with E-state index in [2.05, 4.69) is 20.8 Å². The van der Waals surface area contributed by atoms with Crippen molar-refractivity contribution in [1.82, 2.24) is 20.2 Å². The standard InChI is InChI=1S/C24H20ClN5O3/c1-14-21(23(31)33-13-16-10-11-17(25)12-20(16)32-2)22(30-24(26-14)27-28-29-30)19-9-5-7-15-6-3-4-8-18(15)19/h3-12,22H,13H2,1-2H3,(H,26,27,29). The lowest BCUT2D eigenvalue weighted by atomic mass is 9.91. The molecule has 0 spiro atoms. The Morgan fingerprint density at radius 3 is 2.82 bits per heavy atom. The van der Waals surface area contributed by atoms with Crippen LogP contribution < -0.4 is 10.1 Å². The highest BCUT2D eigenvalue weighted by Crippen LogP contribution is 2.38. The number of nitrogens with one attached hydrogen (secondary N) is 1. The van der Waals surface area contributed by atoms with E-state index in [-0.39, 0.29) is 6.61 Å². The molecule has 0 amide bonds. The second-order valence-electron chi connectivity index (χ2n) is 7.61. The first kappa shape index (κ1) is 21.0. The smallest absolute Gasteiger partial charge is 0.338 e. The molecule has 33 heavy (non-hydrogen) atoms. The predicted molar refractivity (Wildman–Crippen MR) is 124 cm³/mol. The van der Waals surface area contributed by atoms with E-state index in [4.69, 9.17) is 21.1 Å². The largest absolute Gasteiger partial charge is 0.496 e. The highest BCUT2D eigenvalue weighted by atomic mass is 35.5. The highest BCUT2D eigenvalue weighted by molar-refractivity contribution is 6.30. The number of rotatable bonds is 5. The average Bonchev–Trinajstić information content (AvgIpc) is 3.29. The number of anilines is 1. The average molecular weight is 462 g/mol. The molecule has 5 rings (SSSR count). The topological polar surface area (TPSA) is 91.2 Å². The molecular formula is C24H20ClN5O3. The Balaban J connectivity index is 1.54. The number of methoxy groups -OCH3 is 1. The van der Waals surface area contributed by atoms with Crippen LogP contribution in [0.4, 0.5) is 5.95 Å². The molecule has 0 fully saturated rings. The van der Waals surface area contributed by atoms with Gasteiger partial charge in [0.2, 0.25) is 5.95 Å². The molecule has 0 aliphatic carbocycles. The lowest BCUT2D eigenvalue weighted by Crippen LogP contribution is -2.29. The van der Waals surface area contributed by atoms with Crippen LogP contribution in [0.5, 0.6) is 5.75 Å². The molecule has 0 saturated heterocycles. The monoisotopic (exact) mass is 461 g/mol. The number of carbonyl (C=O) groups excluding carboxylic acids is 1.